The Morgan fingerprint density at radius 3 is 2.82 bits per heavy atom. The molecule has 0 bridgehead atoms. The molecule has 1 nitrogen and oxygen atoms in total. The summed E-state index contributed by atoms with van der Waals surface area (Å²) in [5.41, 5.74) is 3.13. The largest absolute Gasteiger partial charge is 0.489 e. The number of aryl methyl sites for hydroxylation is 1. The van der Waals surface area contributed by atoms with Gasteiger partial charge in [-0.25, -0.2) is 4.39 Å². The number of ether oxygens (including phenoxy) is 1. The van der Waals surface area contributed by atoms with E-state index in [1.54, 1.807) is 6.92 Å². The minimum absolute atomic E-state index is 0.194. The zero-order chi connectivity index (χ0) is 12.0. The summed E-state index contributed by atoms with van der Waals surface area (Å²) in [5, 5.41) is 0. The highest BCUT2D eigenvalue weighted by atomic mass is 19.1. The number of hydrogen-bond acceptors (Lipinski definition) is 1. The van der Waals surface area contributed by atoms with Crippen LogP contribution in [0.1, 0.15) is 37.3 Å². The monoisotopic (exact) mass is 232 g/mol. The van der Waals surface area contributed by atoms with Crippen molar-refractivity contribution in [2.75, 3.05) is 6.61 Å². The third kappa shape index (κ3) is 1.50. The molecule has 3 rings (SSSR count). The lowest BCUT2D eigenvalue weighted by atomic mass is 9.86. The molecule has 2 aliphatic rings. The highest BCUT2D eigenvalue weighted by Crippen LogP contribution is 2.59. The SMILES string of the molecule is CC/C=C1/c2ccc(C)c(F)c2OCC12CC2. The molecule has 0 saturated heterocycles. The van der Waals surface area contributed by atoms with Gasteiger partial charge in [0.05, 0.1) is 6.61 Å². The molecule has 1 aromatic carbocycles. The van der Waals surface area contributed by atoms with Crippen LogP contribution in [0.3, 0.4) is 0 Å². The van der Waals surface area contributed by atoms with Gasteiger partial charge in [0.25, 0.3) is 0 Å². The number of halogens is 1. The Hall–Kier alpha value is -1.31. The van der Waals surface area contributed by atoms with E-state index in [1.807, 2.05) is 12.1 Å². The fraction of sp³-hybridized carbons (Fsp3) is 0.467. The van der Waals surface area contributed by atoms with E-state index in [1.165, 1.54) is 18.4 Å². The van der Waals surface area contributed by atoms with Crippen LogP contribution in [0.5, 0.6) is 5.75 Å². The molecule has 1 fully saturated rings. The predicted molar refractivity (Wildman–Crippen MR) is 66.6 cm³/mol. The number of allylic oxidation sites excluding steroid dienone is 1. The second-order valence-corrected chi connectivity index (χ2v) is 5.17. The Morgan fingerprint density at radius 2 is 2.18 bits per heavy atom. The van der Waals surface area contributed by atoms with Crippen LogP contribution in [0.15, 0.2) is 18.2 Å². The average molecular weight is 232 g/mol. The van der Waals surface area contributed by atoms with E-state index >= 15 is 0 Å². The molecule has 0 N–H and O–H groups in total. The normalized spacial score (nSPS) is 22.4. The molecule has 0 radical (unpaired) electrons. The molecule has 1 spiro atoms. The van der Waals surface area contributed by atoms with Crippen molar-refractivity contribution < 1.29 is 9.13 Å². The van der Waals surface area contributed by atoms with Gasteiger partial charge in [0, 0.05) is 11.0 Å². The molecule has 0 atom stereocenters. The molecule has 17 heavy (non-hydrogen) atoms. The fourth-order valence-electron chi connectivity index (χ4n) is 2.68. The van der Waals surface area contributed by atoms with E-state index in [4.69, 9.17) is 4.74 Å². The summed E-state index contributed by atoms with van der Waals surface area (Å²) in [6, 6.07) is 3.86. The summed E-state index contributed by atoms with van der Waals surface area (Å²) in [5.74, 6) is 0.266. The maximum absolute atomic E-state index is 14.0. The van der Waals surface area contributed by atoms with E-state index < -0.39 is 0 Å². The molecular weight excluding hydrogens is 215 g/mol. The van der Waals surface area contributed by atoms with Gasteiger partial charge in [0.2, 0.25) is 0 Å². The van der Waals surface area contributed by atoms with Crippen molar-refractivity contribution in [1.82, 2.24) is 0 Å². The molecule has 1 aliphatic carbocycles. The van der Waals surface area contributed by atoms with Crippen LogP contribution in [0.2, 0.25) is 0 Å². The van der Waals surface area contributed by atoms with Crippen molar-refractivity contribution in [1.29, 1.82) is 0 Å². The highest BCUT2D eigenvalue weighted by Gasteiger charge is 2.50. The van der Waals surface area contributed by atoms with Crippen LogP contribution >= 0.6 is 0 Å². The number of hydrogen-bond donors (Lipinski definition) is 0. The summed E-state index contributed by atoms with van der Waals surface area (Å²) in [4.78, 5) is 0. The first-order valence-corrected chi connectivity index (χ1v) is 6.31. The van der Waals surface area contributed by atoms with Crippen molar-refractivity contribution >= 4 is 5.57 Å². The molecular formula is C15H17FO. The van der Waals surface area contributed by atoms with Gasteiger partial charge in [-0.1, -0.05) is 25.1 Å². The van der Waals surface area contributed by atoms with Crippen LogP contribution < -0.4 is 4.74 Å². The highest BCUT2D eigenvalue weighted by molar-refractivity contribution is 5.78. The van der Waals surface area contributed by atoms with Gasteiger partial charge >= 0.3 is 0 Å². The standard InChI is InChI=1S/C15H17FO/c1-3-4-12-11-6-5-10(2)13(16)14(11)17-9-15(12)7-8-15/h4-6H,3,7-9H2,1-2H3/b12-4-. The number of fused-ring (bicyclic) bond motifs is 1. The lowest BCUT2D eigenvalue weighted by Crippen LogP contribution is -2.22. The van der Waals surface area contributed by atoms with E-state index in [0.717, 1.165) is 12.0 Å². The number of benzene rings is 1. The van der Waals surface area contributed by atoms with Crippen LogP contribution in [0.4, 0.5) is 4.39 Å². The van der Waals surface area contributed by atoms with Crippen molar-refractivity contribution in [2.24, 2.45) is 5.41 Å². The zero-order valence-corrected chi connectivity index (χ0v) is 10.3. The van der Waals surface area contributed by atoms with E-state index in [0.29, 0.717) is 17.9 Å². The Morgan fingerprint density at radius 1 is 1.41 bits per heavy atom. The Kier molecular flexibility index (Phi) is 2.29. The van der Waals surface area contributed by atoms with Gasteiger partial charge in [-0.3, -0.25) is 0 Å². The first-order chi connectivity index (χ1) is 8.18. The van der Waals surface area contributed by atoms with Crippen LogP contribution in [0.25, 0.3) is 5.57 Å². The smallest absolute Gasteiger partial charge is 0.168 e. The first-order valence-electron chi connectivity index (χ1n) is 6.31. The maximum Gasteiger partial charge on any atom is 0.168 e. The quantitative estimate of drug-likeness (QED) is 0.708. The van der Waals surface area contributed by atoms with E-state index in [-0.39, 0.29) is 11.2 Å². The Balaban J connectivity index is 2.17. The van der Waals surface area contributed by atoms with E-state index in [9.17, 15) is 4.39 Å². The van der Waals surface area contributed by atoms with Gasteiger partial charge in [-0.15, -0.1) is 0 Å². The van der Waals surface area contributed by atoms with Crippen molar-refractivity contribution in [2.45, 2.75) is 33.1 Å². The minimum Gasteiger partial charge on any atom is -0.489 e. The van der Waals surface area contributed by atoms with Crippen LogP contribution in [0, 0.1) is 18.2 Å². The van der Waals surface area contributed by atoms with Crippen molar-refractivity contribution in [3.05, 3.63) is 35.2 Å². The van der Waals surface area contributed by atoms with Gasteiger partial charge in [-0.05, 0) is 37.3 Å². The lowest BCUT2D eigenvalue weighted by Gasteiger charge is -2.29. The second-order valence-electron chi connectivity index (χ2n) is 5.17. The zero-order valence-electron chi connectivity index (χ0n) is 10.3. The summed E-state index contributed by atoms with van der Waals surface area (Å²) in [7, 11) is 0. The van der Waals surface area contributed by atoms with Crippen molar-refractivity contribution in [3.63, 3.8) is 0 Å². The Bertz CT molecular complexity index is 498. The van der Waals surface area contributed by atoms with Gasteiger partial charge in [-0.2, -0.15) is 0 Å². The van der Waals surface area contributed by atoms with Gasteiger partial charge in [0.15, 0.2) is 11.6 Å². The second kappa shape index (κ2) is 3.59. The first kappa shape index (κ1) is 10.8. The molecule has 0 amide bonds. The summed E-state index contributed by atoms with van der Waals surface area (Å²) < 4.78 is 19.7. The minimum atomic E-state index is -0.194. The fourth-order valence-corrected chi connectivity index (χ4v) is 2.68. The molecule has 2 heteroatoms. The van der Waals surface area contributed by atoms with E-state index in [2.05, 4.69) is 13.0 Å². The third-order valence-electron chi connectivity index (χ3n) is 3.91. The molecule has 1 aliphatic heterocycles. The number of rotatable bonds is 1. The van der Waals surface area contributed by atoms with Crippen LogP contribution in [-0.2, 0) is 0 Å². The summed E-state index contributed by atoms with van der Waals surface area (Å²) in [6.45, 7) is 4.55. The molecule has 0 aromatic heterocycles. The van der Waals surface area contributed by atoms with Gasteiger partial charge in [0.1, 0.15) is 0 Å². The predicted octanol–water partition coefficient (Wildman–Crippen LogP) is 4.10. The molecule has 1 heterocycles. The summed E-state index contributed by atoms with van der Waals surface area (Å²) in [6.07, 6.45) is 5.58. The molecule has 1 saturated carbocycles. The maximum atomic E-state index is 14.0. The summed E-state index contributed by atoms with van der Waals surface area (Å²) >= 11 is 0. The third-order valence-corrected chi connectivity index (χ3v) is 3.91. The van der Waals surface area contributed by atoms with Gasteiger partial charge < -0.3 is 4.74 Å². The molecule has 0 unspecified atom stereocenters. The molecule has 1 aromatic rings. The average Bonchev–Trinajstić information content (AvgIpc) is 3.09. The lowest BCUT2D eigenvalue weighted by molar-refractivity contribution is 0.244. The topological polar surface area (TPSA) is 9.23 Å². The van der Waals surface area contributed by atoms with Crippen molar-refractivity contribution in [3.8, 4) is 5.75 Å². The van der Waals surface area contributed by atoms with Crippen LogP contribution in [-0.4, -0.2) is 6.61 Å². The Labute approximate surface area is 101 Å². The molecule has 90 valence electrons.